The number of rotatable bonds is 3. The summed E-state index contributed by atoms with van der Waals surface area (Å²) in [4.78, 5) is 0. The summed E-state index contributed by atoms with van der Waals surface area (Å²) in [7, 11) is 0. The van der Waals surface area contributed by atoms with Crippen LogP contribution < -0.4 is 5.32 Å². The zero-order valence-electron chi connectivity index (χ0n) is 11.4. The molecule has 2 aromatic rings. The first kappa shape index (κ1) is 12.9. The van der Waals surface area contributed by atoms with Crippen molar-refractivity contribution in [2.24, 2.45) is 0 Å². The van der Waals surface area contributed by atoms with Crippen LogP contribution in [0.2, 0.25) is 0 Å². The van der Waals surface area contributed by atoms with Gasteiger partial charge >= 0.3 is 0 Å². The minimum Gasteiger partial charge on any atom is -0.304 e. The number of nitrogens with zero attached hydrogens (tertiary/aromatic N) is 3. The SMILES string of the molecule is CC(NC1CCCSC1C)c1nnc2ccccn12. The fourth-order valence-corrected chi connectivity index (χ4v) is 3.85. The molecule has 0 bridgehead atoms. The molecule has 0 aliphatic carbocycles. The lowest BCUT2D eigenvalue weighted by atomic mass is 10.1. The Kier molecular flexibility index (Phi) is 3.75. The maximum Gasteiger partial charge on any atom is 0.160 e. The lowest BCUT2D eigenvalue weighted by molar-refractivity contribution is 0.406. The zero-order chi connectivity index (χ0) is 13.2. The van der Waals surface area contributed by atoms with Crippen LogP contribution in [-0.4, -0.2) is 31.6 Å². The third kappa shape index (κ3) is 2.62. The summed E-state index contributed by atoms with van der Waals surface area (Å²) in [6, 6.07) is 6.80. The van der Waals surface area contributed by atoms with E-state index in [1.165, 1.54) is 18.6 Å². The number of fused-ring (bicyclic) bond motifs is 1. The van der Waals surface area contributed by atoms with E-state index in [0.29, 0.717) is 11.3 Å². The van der Waals surface area contributed by atoms with Gasteiger partial charge in [0.2, 0.25) is 0 Å². The van der Waals surface area contributed by atoms with Crippen LogP contribution in [0, 0.1) is 0 Å². The molecule has 1 N–H and O–H groups in total. The highest BCUT2D eigenvalue weighted by Gasteiger charge is 2.24. The number of pyridine rings is 1. The summed E-state index contributed by atoms with van der Waals surface area (Å²) in [6.07, 6.45) is 4.59. The van der Waals surface area contributed by atoms with Crippen molar-refractivity contribution < 1.29 is 0 Å². The van der Waals surface area contributed by atoms with Gasteiger partial charge in [0, 0.05) is 17.5 Å². The lowest BCUT2D eigenvalue weighted by Gasteiger charge is -2.31. The summed E-state index contributed by atoms with van der Waals surface area (Å²) in [5, 5.41) is 12.9. The largest absolute Gasteiger partial charge is 0.304 e. The van der Waals surface area contributed by atoms with E-state index < -0.39 is 0 Å². The lowest BCUT2D eigenvalue weighted by Crippen LogP contribution is -2.41. The Labute approximate surface area is 118 Å². The van der Waals surface area contributed by atoms with Crippen molar-refractivity contribution in [2.75, 3.05) is 5.75 Å². The second kappa shape index (κ2) is 5.51. The van der Waals surface area contributed by atoms with Crippen LogP contribution >= 0.6 is 11.8 Å². The average molecular weight is 276 g/mol. The Morgan fingerprint density at radius 2 is 2.32 bits per heavy atom. The molecule has 1 fully saturated rings. The smallest absolute Gasteiger partial charge is 0.160 e. The third-order valence-corrected chi connectivity index (χ3v) is 5.18. The maximum atomic E-state index is 4.33. The number of aromatic nitrogens is 3. The summed E-state index contributed by atoms with van der Waals surface area (Å²) < 4.78 is 2.07. The first-order valence-corrected chi connectivity index (χ1v) is 7.98. The van der Waals surface area contributed by atoms with Gasteiger partial charge in [-0.2, -0.15) is 11.8 Å². The fraction of sp³-hybridized carbons (Fsp3) is 0.571. The molecule has 1 aliphatic heterocycles. The summed E-state index contributed by atoms with van der Waals surface area (Å²) in [5.41, 5.74) is 0.914. The van der Waals surface area contributed by atoms with E-state index in [4.69, 9.17) is 0 Å². The molecule has 19 heavy (non-hydrogen) atoms. The molecule has 0 amide bonds. The number of nitrogens with one attached hydrogen (secondary N) is 1. The first-order valence-electron chi connectivity index (χ1n) is 6.93. The van der Waals surface area contributed by atoms with Gasteiger partial charge < -0.3 is 5.32 Å². The highest BCUT2D eigenvalue weighted by molar-refractivity contribution is 7.99. The molecule has 0 spiro atoms. The quantitative estimate of drug-likeness (QED) is 0.936. The van der Waals surface area contributed by atoms with Gasteiger partial charge in [0.15, 0.2) is 11.5 Å². The van der Waals surface area contributed by atoms with E-state index in [1.807, 2.05) is 24.4 Å². The summed E-state index contributed by atoms with van der Waals surface area (Å²) in [5.74, 6) is 2.29. The fourth-order valence-electron chi connectivity index (χ4n) is 2.69. The van der Waals surface area contributed by atoms with E-state index in [-0.39, 0.29) is 6.04 Å². The molecule has 3 heterocycles. The predicted octanol–water partition coefficient (Wildman–Crippen LogP) is 2.66. The molecule has 3 rings (SSSR count). The van der Waals surface area contributed by atoms with Crippen LogP contribution in [0.4, 0.5) is 0 Å². The van der Waals surface area contributed by atoms with Crippen LogP contribution in [0.5, 0.6) is 0 Å². The molecule has 1 saturated heterocycles. The van der Waals surface area contributed by atoms with Gasteiger partial charge in [-0.15, -0.1) is 10.2 Å². The van der Waals surface area contributed by atoms with Gasteiger partial charge in [-0.25, -0.2) is 0 Å². The van der Waals surface area contributed by atoms with Crippen molar-refractivity contribution in [1.29, 1.82) is 0 Å². The normalized spacial score (nSPS) is 25.6. The van der Waals surface area contributed by atoms with Gasteiger partial charge in [0.1, 0.15) is 0 Å². The monoisotopic (exact) mass is 276 g/mol. The van der Waals surface area contributed by atoms with Gasteiger partial charge in [-0.05, 0) is 37.7 Å². The van der Waals surface area contributed by atoms with Crippen molar-refractivity contribution >= 4 is 17.4 Å². The van der Waals surface area contributed by atoms with Crippen LogP contribution in [0.15, 0.2) is 24.4 Å². The summed E-state index contributed by atoms with van der Waals surface area (Å²) in [6.45, 7) is 4.49. The third-order valence-electron chi connectivity index (χ3n) is 3.80. The predicted molar refractivity (Wildman–Crippen MR) is 79.5 cm³/mol. The topological polar surface area (TPSA) is 42.2 Å². The standard InChI is InChI=1S/C14H20N4S/c1-10(15-12-6-5-9-19-11(12)2)14-17-16-13-7-3-4-8-18(13)14/h3-4,7-8,10-12,15H,5-6,9H2,1-2H3. The van der Waals surface area contributed by atoms with Crippen LogP contribution in [-0.2, 0) is 0 Å². The molecule has 0 radical (unpaired) electrons. The second-order valence-electron chi connectivity index (χ2n) is 5.20. The Hall–Kier alpha value is -1.07. The van der Waals surface area contributed by atoms with Gasteiger partial charge in [0.05, 0.1) is 6.04 Å². The zero-order valence-corrected chi connectivity index (χ0v) is 12.2. The number of thioether (sulfide) groups is 1. The second-order valence-corrected chi connectivity index (χ2v) is 6.69. The molecular formula is C14H20N4S. The Bertz CT molecular complexity index is 553. The Balaban J connectivity index is 1.78. The average Bonchev–Trinajstić information content (AvgIpc) is 2.85. The van der Waals surface area contributed by atoms with Gasteiger partial charge in [-0.3, -0.25) is 4.40 Å². The van der Waals surface area contributed by atoms with E-state index >= 15 is 0 Å². The molecule has 0 aromatic carbocycles. The van der Waals surface area contributed by atoms with Gasteiger partial charge in [0.25, 0.3) is 0 Å². The maximum absolute atomic E-state index is 4.33. The minimum atomic E-state index is 0.226. The Morgan fingerprint density at radius 3 is 3.16 bits per heavy atom. The molecule has 4 nitrogen and oxygen atoms in total. The molecule has 1 aliphatic rings. The van der Waals surface area contributed by atoms with Crippen molar-refractivity contribution in [3.63, 3.8) is 0 Å². The molecule has 3 atom stereocenters. The molecule has 3 unspecified atom stereocenters. The Morgan fingerprint density at radius 1 is 1.42 bits per heavy atom. The molecule has 2 aromatic heterocycles. The highest BCUT2D eigenvalue weighted by atomic mass is 32.2. The number of hydrogen-bond donors (Lipinski definition) is 1. The summed E-state index contributed by atoms with van der Waals surface area (Å²) >= 11 is 2.06. The van der Waals surface area contributed by atoms with Crippen LogP contribution in [0.3, 0.4) is 0 Å². The van der Waals surface area contributed by atoms with E-state index in [1.54, 1.807) is 0 Å². The van der Waals surface area contributed by atoms with Crippen LogP contribution in [0.1, 0.15) is 38.6 Å². The highest BCUT2D eigenvalue weighted by Crippen LogP contribution is 2.26. The molecule has 0 saturated carbocycles. The first-order chi connectivity index (χ1) is 9.25. The minimum absolute atomic E-state index is 0.226. The van der Waals surface area contributed by atoms with Crippen molar-refractivity contribution in [3.05, 3.63) is 30.2 Å². The van der Waals surface area contributed by atoms with Crippen LogP contribution in [0.25, 0.3) is 5.65 Å². The van der Waals surface area contributed by atoms with E-state index in [0.717, 1.165) is 11.5 Å². The molecular weight excluding hydrogens is 256 g/mol. The number of hydrogen-bond acceptors (Lipinski definition) is 4. The van der Waals surface area contributed by atoms with Gasteiger partial charge in [-0.1, -0.05) is 13.0 Å². The van der Waals surface area contributed by atoms with Crippen molar-refractivity contribution in [2.45, 2.75) is 44.0 Å². The van der Waals surface area contributed by atoms with Crippen molar-refractivity contribution in [1.82, 2.24) is 19.9 Å². The van der Waals surface area contributed by atoms with E-state index in [9.17, 15) is 0 Å². The molecule has 102 valence electrons. The van der Waals surface area contributed by atoms with E-state index in [2.05, 4.69) is 45.5 Å². The molecule has 5 heteroatoms. The van der Waals surface area contributed by atoms with Crippen molar-refractivity contribution in [3.8, 4) is 0 Å².